The third-order valence-electron chi connectivity index (χ3n) is 4.32. The monoisotopic (exact) mass is 397 g/mol. The van der Waals surface area contributed by atoms with E-state index in [9.17, 15) is 9.59 Å². The van der Waals surface area contributed by atoms with Crippen molar-refractivity contribution >= 4 is 23.4 Å². The molecular weight excluding hydrogens is 378 g/mol. The van der Waals surface area contributed by atoms with E-state index in [1.807, 2.05) is 41.2 Å². The molecule has 0 aliphatic rings. The zero-order valence-electron chi connectivity index (χ0n) is 15.3. The Morgan fingerprint density at radius 1 is 1.07 bits per heavy atom. The van der Waals surface area contributed by atoms with E-state index in [-0.39, 0.29) is 12.4 Å². The predicted molar refractivity (Wildman–Crippen MR) is 107 cm³/mol. The number of aromatic nitrogens is 1. The Balaban J connectivity index is 1.66. The average molecular weight is 398 g/mol. The Labute approximate surface area is 168 Å². The van der Waals surface area contributed by atoms with Gasteiger partial charge in [0.25, 0.3) is 0 Å². The van der Waals surface area contributed by atoms with Gasteiger partial charge in [0, 0.05) is 35.1 Å². The van der Waals surface area contributed by atoms with Crippen molar-refractivity contribution in [3.63, 3.8) is 0 Å². The number of hydrogen-bond acceptors (Lipinski definition) is 3. The summed E-state index contributed by atoms with van der Waals surface area (Å²) >= 11 is 5.87. The van der Waals surface area contributed by atoms with E-state index in [1.54, 1.807) is 30.3 Å². The SMILES string of the molecule is C[C@H](OCc1cccc(Cn2ccc(C(=O)c3ccc(Cl)cc3)c2)c1)C(=O)O. The van der Waals surface area contributed by atoms with Crippen LogP contribution in [-0.2, 0) is 22.7 Å². The topological polar surface area (TPSA) is 68.5 Å². The first-order chi connectivity index (χ1) is 13.4. The summed E-state index contributed by atoms with van der Waals surface area (Å²) < 4.78 is 7.26. The van der Waals surface area contributed by atoms with Gasteiger partial charge in [-0.15, -0.1) is 0 Å². The highest BCUT2D eigenvalue weighted by molar-refractivity contribution is 6.30. The van der Waals surface area contributed by atoms with Crippen LogP contribution in [0, 0.1) is 0 Å². The Morgan fingerprint density at radius 2 is 1.79 bits per heavy atom. The van der Waals surface area contributed by atoms with E-state index in [2.05, 4.69) is 0 Å². The van der Waals surface area contributed by atoms with Crippen LogP contribution in [0.2, 0.25) is 5.02 Å². The molecule has 3 rings (SSSR count). The third kappa shape index (κ3) is 5.09. The highest BCUT2D eigenvalue weighted by Gasteiger charge is 2.12. The number of carboxylic acid groups (broad SMARTS) is 1. The molecule has 0 saturated carbocycles. The molecule has 3 aromatic rings. The fourth-order valence-electron chi connectivity index (χ4n) is 2.76. The van der Waals surface area contributed by atoms with Crippen LogP contribution in [0.3, 0.4) is 0 Å². The molecule has 144 valence electrons. The van der Waals surface area contributed by atoms with Crippen molar-refractivity contribution in [1.82, 2.24) is 4.57 Å². The van der Waals surface area contributed by atoms with Crippen molar-refractivity contribution in [2.24, 2.45) is 0 Å². The van der Waals surface area contributed by atoms with Crippen molar-refractivity contribution in [2.75, 3.05) is 0 Å². The van der Waals surface area contributed by atoms with Crippen molar-refractivity contribution in [1.29, 1.82) is 0 Å². The van der Waals surface area contributed by atoms with Crippen LogP contribution in [0.25, 0.3) is 0 Å². The molecule has 2 aromatic carbocycles. The van der Waals surface area contributed by atoms with Gasteiger partial charge < -0.3 is 14.4 Å². The standard InChI is InChI=1S/C22H20ClNO4/c1-15(22(26)27)28-14-17-4-2-3-16(11-17)12-24-10-9-19(13-24)21(25)18-5-7-20(23)8-6-18/h2-11,13,15H,12,14H2,1H3,(H,26,27)/t15-/m0/s1. The summed E-state index contributed by atoms with van der Waals surface area (Å²) in [7, 11) is 0. The summed E-state index contributed by atoms with van der Waals surface area (Å²) in [5.41, 5.74) is 3.13. The maximum absolute atomic E-state index is 12.6. The number of aliphatic carboxylic acids is 1. The van der Waals surface area contributed by atoms with Gasteiger partial charge in [0.15, 0.2) is 11.9 Å². The molecule has 0 unspecified atom stereocenters. The predicted octanol–water partition coefficient (Wildman–Crippen LogP) is 4.41. The summed E-state index contributed by atoms with van der Waals surface area (Å²) in [5, 5.41) is 9.48. The van der Waals surface area contributed by atoms with Crippen LogP contribution in [0.1, 0.15) is 34.0 Å². The number of nitrogens with zero attached hydrogens (tertiary/aromatic N) is 1. The summed E-state index contributed by atoms with van der Waals surface area (Å²) in [6.45, 7) is 2.33. The van der Waals surface area contributed by atoms with Crippen LogP contribution in [-0.4, -0.2) is 27.5 Å². The van der Waals surface area contributed by atoms with Crippen molar-refractivity contribution in [3.05, 3.63) is 94.3 Å². The molecule has 0 spiro atoms. The van der Waals surface area contributed by atoms with Gasteiger partial charge in [-0.25, -0.2) is 4.79 Å². The maximum Gasteiger partial charge on any atom is 0.332 e. The third-order valence-corrected chi connectivity index (χ3v) is 4.58. The van der Waals surface area contributed by atoms with Gasteiger partial charge in [0.1, 0.15) is 0 Å². The maximum atomic E-state index is 12.6. The number of benzene rings is 2. The van der Waals surface area contributed by atoms with Crippen molar-refractivity contribution in [2.45, 2.75) is 26.2 Å². The van der Waals surface area contributed by atoms with Crippen LogP contribution >= 0.6 is 11.6 Å². The molecule has 1 atom stereocenters. The second-order valence-corrected chi connectivity index (χ2v) is 6.96. The number of halogens is 1. The zero-order chi connectivity index (χ0) is 20.1. The van der Waals surface area contributed by atoms with E-state index in [0.29, 0.717) is 22.7 Å². The molecule has 0 radical (unpaired) electrons. The van der Waals surface area contributed by atoms with Crippen molar-refractivity contribution in [3.8, 4) is 0 Å². The van der Waals surface area contributed by atoms with Crippen LogP contribution in [0.15, 0.2) is 67.0 Å². The summed E-state index contributed by atoms with van der Waals surface area (Å²) in [6.07, 6.45) is 2.82. The lowest BCUT2D eigenvalue weighted by atomic mass is 10.1. The summed E-state index contributed by atoms with van der Waals surface area (Å²) in [4.78, 5) is 23.4. The first-order valence-corrected chi connectivity index (χ1v) is 9.18. The number of ketones is 1. The molecular formula is C22H20ClNO4. The fraction of sp³-hybridized carbons (Fsp3) is 0.182. The van der Waals surface area contributed by atoms with Gasteiger partial charge in [0.05, 0.1) is 6.61 Å². The lowest BCUT2D eigenvalue weighted by Crippen LogP contribution is -2.19. The number of carboxylic acids is 1. The minimum Gasteiger partial charge on any atom is -0.479 e. The van der Waals surface area contributed by atoms with Gasteiger partial charge in [-0.3, -0.25) is 4.79 Å². The quantitative estimate of drug-likeness (QED) is 0.571. The zero-order valence-corrected chi connectivity index (χ0v) is 16.1. The lowest BCUT2D eigenvalue weighted by Gasteiger charge is -2.10. The molecule has 0 amide bonds. The largest absolute Gasteiger partial charge is 0.479 e. The van der Waals surface area contributed by atoms with Gasteiger partial charge in [0.2, 0.25) is 0 Å². The van der Waals surface area contributed by atoms with E-state index < -0.39 is 12.1 Å². The van der Waals surface area contributed by atoms with Crippen LogP contribution in [0.4, 0.5) is 0 Å². The first kappa shape index (κ1) is 19.9. The Morgan fingerprint density at radius 3 is 2.50 bits per heavy atom. The van der Waals surface area contributed by atoms with E-state index in [0.717, 1.165) is 11.1 Å². The second-order valence-electron chi connectivity index (χ2n) is 6.52. The van der Waals surface area contributed by atoms with E-state index in [1.165, 1.54) is 6.92 Å². The minimum atomic E-state index is -0.985. The summed E-state index contributed by atoms with van der Waals surface area (Å²) in [5.74, 6) is -1.04. The fourth-order valence-corrected chi connectivity index (χ4v) is 2.89. The second kappa shape index (κ2) is 8.87. The number of rotatable bonds is 8. The molecule has 5 nitrogen and oxygen atoms in total. The van der Waals surface area contributed by atoms with E-state index >= 15 is 0 Å². The molecule has 28 heavy (non-hydrogen) atoms. The normalized spacial score (nSPS) is 11.9. The minimum absolute atomic E-state index is 0.0553. The molecule has 0 aliphatic carbocycles. The Kier molecular flexibility index (Phi) is 6.29. The Hall–Kier alpha value is -2.89. The molecule has 1 heterocycles. The molecule has 1 N–H and O–H groups in total. The number of carbonyl (C=O) groups is 2. The van der Waals surface area contributed by atoms with Gasteiger partial charge in [-0.05, 0) is 48.4 Å². The van der Waals surface area contributed by atoms with Gasteiger partial charge in [-0.2, -0.15) is 0 Å². The van der Waals surface area contributed by atoms with Gasteiger partial charge >= 0.3 is 5.97 Å². The highest BCUT2D eigenvalue weighted by atomic mass is 35.5. The molecule has 6 heteroatoms. The van der Waals surface area contributed by atoms with Crippen LogP contribution < -0.4 is 0 Å². The van der Waals surface area contributed by atoms with E-state index in [4.69, 9.17) is 21.4 Å². The Bertz CT molecular complexity index is 978. The highest BCUT2D eigenvalue weighted by Crippen LogP contribution is 2.16. The average Bonchev–Trinajstić information content (AvgIpc) is 3.14. The molecule has 1 aromatic heterocycles. The molecule has 0 saturated heterocycles. The lowest BCUT2D eigenvalue weighted by molar-refractivity contribution is -0.149. The molecule has 0 fully saturated rings. The smallest absolute Gasteiger partial charge is 0.332 e. The van der Waals surface area contributed by atoms with Crippen LogP contribution in [0.5, 0.6) is 0 Å². The first-order valence-electron chi connectivity index (χ1n) is 8.80. The van der Waals surface area contributed by atoms with Gasteiger partial charge in [-0.1, -0.05) is 35.9 Å². The number of ether oxygens (including phenoxy) is 1. The molecule has 0 aliphatic heterocycles. The number of carbonyl (C=O) groups excluding carboxylic acids is 1. The summed E-state index contributed by atoms with van der Waals surface area (Å²) in [6, 6.07) is 16.4. The van der Waals surface area contributed by atoms with Crippen molar-refractivity contribution < 1.29 is 19.4 Å². The molecule has 0 bridgehead atoms. The number of hydrogen-bond donors (Lipinski definition) is 1.